The van der Waals surface area contributed by atoms with E-state index >= 15 is 0 Å². The number of benzene rings is 2. The first-order chi connectivity index (χ1) is 15.9. The number of rotatable bonds is 6. The van der Waals surface area contributed by atoms with Crippen molar-refractivity contribution in [1.29, 1.82) is 0 Å². The van der Waals surface area contributed by atoms with Gasteiger partial charge in [-0.25, -0.2) is 0 Å². The molecule has 0 saturated carbocycles. The van der Waals surface area contributed by atoms with Crippen molar-refractivity contribution >= 4 is 17.4 Å². The Morgan fingerprint density at radius 3 is 2.52 bits per heavy atom. The molecule has 0 bridgehead atoms. The van der Waals surface area contributed by atoms with E-state index in [0.717, 1.165) is 11.1 Å². The summed E-state index contributed by atoms with van der Waals surface area (Å²) in [4.78, 5) is 31.6. The number of carbonyl (C=O) groups excluding carboxylic acids is 2. The standard InChI is InChI=1S/C26H24N2O5/c1-3-33-21-8-7-19(13-16(21)2)24(30)22-23(18-5-4-6-20(29)14-18)28(26(32)25(22)31)15-17-9-11-27-12-10-17/h4-14,23,29-30H,3,15H2,1-2H3/b24-22-. The van der Waals surface area contributed by atoms with Crippen LogP contribution in [0.15, 0.2) is 72.6 Å². The molecule has 1 fully saturated rings. The summed E-state index contributed by atoms with van der Waals surface area (Å²) in [7, 11) is 0. The van der Waals surface area contributed by atoms with Crippen LogP contribution >= 0.6 is 0 Å². The largest absolute Gasteiger partial charge is 0.508 e. The zero-order chi connectivity index (χ0) is 23.5. The third-order valence-electron chi connectivity index (χ3n) is 5.58. The molecule has 1 aliphatic heterocycles. The summed E-state index contributed by atoms with van der Waals surface area (Å²) in [6.07, 6.45) is 3.22. The maximum Gasteiger partial charge on any atom is 0.295 e. The van der Waals surface area contributed by atoms with E-state index in [4.69, 9.17) is 4.74 Å². The van der Waals surface area contributed by atoms with Crippen LogP contribution in [0.1, 0.15) is 35.2 Å². The number of aromatic nitrogens is 1. The predicted molar refractivity (Wildman–Crippen MR) is 123 cm³/mol. The van der Waals surface area contributed by atoms with Crippen LogP contribution in [0.3, 0.4) is 0 Å². The van der Waals surface area contributed by atoms with Crippen molar-refractivity contribution in [2.75, 3.05) is 6.61 Å². The SMILES string of the molecule is CCOc1ccc(/C(O)=C2/C(=O)C(=O)N(Cc3ccncc3)C2c2cccc(O)c2)cc1C. The number of pyridine rings is 1. The van der Waals surface area contributed by atoms with Crippen LogP contribution in [0.5, 0.6) is 11.5 Å². The Bertz CT molecular complexity index is 1240. The maximum atomic E-state index is 13.1. The molecule has 4 rings (SSSR count). The Labute approximate surface area is 191 Å². The monoisotopic (exact) mass is 444 g/mol. The van der Waals surface area contributed by atoms with E-state index < -0.39 is 17.7 Å². The molecule has 1 saturated heterocycles. The Morgan fingerprint density at radius 2 is 1.85 bits per heavy atom. The van der Waals surface area contributed by atoms with Gasteiger partial charge < -0.3 is 19.8 Å². The Kier molecular flexibility index (Phi) is 6.13. The number of ketones is 1. The molecule has 0 radical (unpaired) electrons. The minimum atomic E-state index is -0.864. The van der Waals surface area contributed by atoms with Gasteiger partial charge in [0, 0.05) is 24.5 Å². The van der Waals surface area contributed by atoms with Crippen molar-refractivity contribution in [1.82, 2.24) is 9.88 Å². The molecule has 0 aliphatic carbocycles. The van der Waals surface area contributed by atoms with Crippen molar-refractivity contribution in [2.24, 2.45) is 0 Å². The highest BCUT2D eigenvalue weighted by Crippen LogP contribution is 2.41. The van der Waals surface area contributed by atoms with Gasteiger partial charge in [0.25, 0.3) is 11.7 Å². The zero-order valence-corrected chi connectivity index (χ0v) is 18.4. The fourth-order valence-corrected chi connectivity index (χ4v) is 4.04. The first-order valence-electron chi connectivity index (χ1n) is 10.6. The summed E-state index contributed by atoms with van der Waals surface area (Å²) in [5.74, 6) is -1.09. The number of carbonyl (C=O) groups is 2. The van der Waals surface area contributed by atoms with Crippen molar-refractivity contribution in [2.45, 2.75) is 26.4 Å². The van der Waals surface area contributed by atoms with Gasteiger partial charge in [-0.05, 0) is 73.0 Å². The molecule has 7 heteroatoms. The minimum absolute atomic E-state index is 0.00101. The number of nitrogens with zero attached hydrogens (tertiary/aromatic N) is 2. The molecule has 1 unspecified atom stereocenters. The van der Waals surface area contributed by atoms with Crippen LogP contribution in [0.25, 0.3) is 5.76 Å². The molecular weight excluding hydrogens is 420 g/mol. The van der Waals surface area contributed by atoms with E-state index in [-0.39, 0.29) is 23.6 Å². The van der Waals surface area contributed by atoms with E-state index in [1.54, 1.807) is 54.9 Å². The molecule has 0 spiro atoms. The van der Waals surface area contributed by atoms with Gasteiger partial charge in [0.1, 0.15) is 17.3 Å². The fraction of sp³-hybridized carbons (Fsp3) is 0.192. The number of likely N-dealkylation sites (tertiary alicyclic amines) is 1. The molecule has 1 amide bonds. The van der Waals surface area contributed by atoms with Gasteiger partial charge in [0.05, 0.1) is 18.2 Å². The number of aromatic hydroxyl groups is 1. The first-order valence-corrected chi connectivity index (χ1v) is 10.6. The number of hydrogen-bond acceptors (Lipinski definition) is 6. The second-order valence-electron chi connectivity index (χ2n) is 7.79. The Hall–Kier alpha value is -4.13. The van der Waals surface area contributed by atoms with E-state index in [1.807, 2.05) is 13.8 Å². The van der Waals surface area contributed by atoms with Crippen LogP contribution in [0, 0.1) is 6.92 Å². The predicted octanol–water partition coefficient (Wildman–Crippen LogP) is 4.12. The molecular formula is C26H24N2O5. The quantitative estimate of drug-likeness (QED) is 0.337. The molecule has 33 heavy (non-hydrogen) atoms. The van der Waals surface area contributed by atoms with Gasteiger partial charge in [0.15, 0.2) is 0 Å². The number of aliphatic hydroxyl groups excluding tert-OH is 1. The van der Waals surface area contributed by atoms with E-state index in [2.05, 4.69) is 4.98 Å². The second kappa shape index (κ2) is 9.16. The van der Waals surface area contributed by atoms with Crippen LogP contribution in [0.2, 0.25) is 0 Å². The summed E-state index contributed by atoms with van der Waals surface area (Å²) in [6, 6.07) is 14.1. The molecule has 3 aromatic rings. The molecule has 2 N–H and O–H groups in total. The normalized spacial score (nSPS) is 17.4. The van der Waals surface area contributed by atoms with Gasteiger partial charge >= 0.3 is 0 Å². The number of phenolic OH excluding ortho intramolecular Hbond substituents is 1. The third kappa shape index (κ3) is 4.30. The number of amides is 1. The number of hydrogen-bond donors (Lipinski definition) is 2. The van der Waals surface area contributed by atoms with Crippen LogP contribution in [-0.4, -0.2) is 38.4 Å². The molecule has 1 aliphatic rings. The number of phenols is 1. The summed E-state index contributed by atoms with van der Waals surface area (Å²) < 4.78 is 5.56. The second-order valence-corrected chi connectivity index (χ2v) is 7.79. The zero-order valence-electron chi connectivity index (χ0n) is 18.4. The highest BCUT2D eigenvalue weighted by atomic mass is 16.5. The highest BCUT2D eigenvalue weighted by molar-refractivity contribution is 6.46. The Balaban J connectivity index is 1.85. The number of Topliss-reactive ketones (excluding diaryl/α,β-unsaturated/α-hetero) is 1. The van der Waals surface area contributed by atoms with Crippen LogP contribution < -0.4 is 4.74 Å². The van der Waals surface area contributed by atoms with Crippen molar-refractivity contribution in [3.8, 4) is 11.5 Å². The molecule has 168 valence electrons. The summed E-state index contributed by atoms with van der Waals surface area (Å²) in [6.45, 7) is 4.37. The van der Waals surface area contributed by atoms with Gasteiger partial charge in [0.2, 0.25) is 0 Å². The highest BCUT2D eigenvalue weighted by Gasteiger charge is 2.46. The summed E-state index contributed by atoms with van der Waals surface area (Å²) >= 11 is 0. The van der Waals surface area contributed by atoms with Gasteiger partial charge in [-0.2, -0.15) is 0 Å². The van der Waals surface area contributed by atoms with Crippen molar-refractivity contribution in [3.05, 3.63) is 94.8 Å². The average Bonchev–Trinajstić information content (AvgIpc) is 3.05. The summed E-state index contributed by atoms with van der Waals surface area (Å²) in [5.41, 5.74) is 2.48. The molecule has 2 aromatic carbocycles. The van der Waals surface area contributed by atoms with E-state index in [1.165, 1.54) is 17.0 Å². The topological polar surface area (TPSA) is 100.0 Å². The molecule has 7 nitrogen and oxygen atoms in total. The van der Waals surface area contributed by atoms with Gasteiger partial charge in [-0.3, -0.25) is 14.6 Å². The molecule has 2 heterocycles. The third-order valence-corrected chi connectivity index (χ3v) is 5.58. The maximum absolute atomic E-state index is 13.1. The summed E-state index contributed by atoms with van der Waals surface area (Å²) in [5, 5.41) is 21.3. The number of aryl methyl sites for hydroxylation is 1. The molecule has 1 aromatic heterocycles. The number of aliphatic hydroxyl groups is 1. The lowest BCUT2D eigenvalue weighted by atomic mass is 9.94. The van der Waals surface area contributed by atoms with E-state index in [9.17, 15) is 19.8 Å². The average molecular weight is 444 g/mol. The van der Waals surface area contributed by atoms with Crippen LogP contribution in [0.4, 0.5) is 0 Å². The fourth-order valence-electron chi connectivity index (χ4n) is 4.04. The lowest BCUT2D eigenvalue weighted by molar-refractivity contribution is -0.140. The molecule has 1 atom stereocenters. The van der Waals surface area contributed by atoms with Crippen molar-refractivity contribution < 1.29 is 24.5 Å². The lowest BCUT2D eigenvalue weighted by Gasteiger charge is -2.25. The first kappa shape index (κ1) is 22.1. The Morgan fingerprint density at radius 1 is 1.09 bits per heavy atom. The van der Waals surface area contributed by atoms with Gasteiger partial charge in [-0.15, -0.1) is 0 Å². The van der Waals surface area contributed by atoms with Gasteiger partial charge in [-0.1, -0.05) is 12.1 Å². The van der Waals surface area contributed by atoms with E-state index in [0.29, 0.717) is 23.5 Å². The van der Waals surface area contributed by atoms with Crippen molar-refractivity contribution in [3.63, 3.8) is 0 Å². The smallest absolute Gasteiger partial charge is 0.295 e. The number of ether oxygens (including phenoxy) is 1. The lowest BCUT2D eigenvalue weighted by Crippen LogP contribution is -2.29. The minimum Gasteiger partial charge on any atom is -0.508 e. The van der Waals surface area contributed by atoms with Crippen LogP contribution in [-0.2, 0) is 16.1 Å².